The van der Waals surface area contributed by atoms with Crippen molar-refractivity contribution in [3.63, 3.8) is 0 Å². The van der Waals surface area contributed by atoms with E-state index in [0.717, 1.165) is 29.2 Å². The van der Waals surface area contributed by atoms with Crippen LogP contribution in [0.3, 0.4) is 0 Å². The Morgan fingerprint density at radius 1 is 1.14 bits per heavy atom. The van der Waals surface area contributed by atoms with E-state index in [1.807, 2.05) is 42.6 Å². The van der Waals surface area contributed by atoms with Gasteiger partial charge in [-0.2, -0.15) is 5.26 Å². The number of rotatable bonds is 4. The highest BCUT2D eigenvalue weighted by molar-refractivity contribution is 5.99. The van der Waals surface area contributed by atoms with Crippen LogP contribution in [0.25, 0.3) is 10.9 Å². The second-order valence-electron chi connectivity index (χ2n) is 5.27. The van der Waals surface area contributed by atoms with Crippen LogP contribution >= 0.6 is 0 Å². The van der Waals surface area contributed by atoms with Crippen molar-refractivity contribution in [3.8, 4) is 6.07 Å². The highest BCUT2D eigenvalue weighted by Crippen LogP contribution is 2.25. The van der Waals surface area contributed by atoms with Crippen molar-refractivity contribution in [1.29, 1.82) is 5.26 Å². The van der Waals surface area contributed by atoms with E-state index in [0.29, 0.717) is 17.7 Å². The fraction of sp³-hybridized carbons (Fsp3) is 0.158. The first-order valence-corrected chi connectivity index (χ1v) is 7.32. The molecule has 108 valence electrons. The zero-order chi connectivity index (χ0) is 15.5. The van der Waals surface area contributed by atoms with E-state index in [1.165, 1.54) is 5.56 Å². The number of aryl methyl sites for hydroxylation is 1. The Hall–Kier alpha value is -2.86. The molecule has 3 nitrogen and oxygen atoms in total. The number of nitrogens with zero attached hydrogens (tertiary/aromatic N) is 2. The van der Waals surface area contributed by atoms with Crippen LogP contribution in [0.1, 0.15) is 34.0 Å². The molecule has 0 radical (unpaired) electrons. The number of aromatic nitrogens is 1. The van der Waals surface area contributed by atoms with Gasteiger partial charge < -0.3 is 4.57 Å². The van der Waals surface area contributed by atoms with Crippen LogP contribution in [0.15, 0.2) is 48.7 Å². The molecule has 0 amide bonds. The second-order valence-corrected chi connectivity index (χ2v) is 5.27. The van der Waals surface area contributed by atoms with Crippen LogP contribution in [0.2, 0.25) is 0 Å². The highest BCUT2D eigenvalue weighted by Gasteiger charge is 2.12. The Morgan fingerprint density at radius 3 is 2.64 bits per heavy atom. The average Bonchev–Trinajstić information content (AvgIpc) is 2.93. The SMILES string of the molecule is CCc1cccc2c(C=O)cn(Cc3ccccc3C#N)c12. The Labute approximate surface area is 129 Å². The third kappa shape index (κ3) is 2.29. The molecule has 3 rings (SSSR count). The number of carbonyl (C=O) groups is 1. The molecule has 1 aromatic heterocycles. The van der Waals surface area contributed by atoms with Gasteiger partial charge in [0.05, 0.1) is 17.1 Å². The van der Waals surface area contributed by atoms with Gasteiger partial charge in [-0.3, -0.25) is 4.79 Å². The molecule has 0 aliphatic carbocycles. The van der Waals surface area contributed by atoms with Crippen molar-refractivity contribution in [2.24, 2.45) is 0 Å². The van der Waals surface area contributed by atoms with Gasteiger partial charge in [-0.25, -0.2) is 0 Å². The van der Waals surface area contributed by atoms with Gasteiger partial charge in [0.15, 0.2) is 6.29 Å². The van der Waals surface area contributed by atoms with E-state index in [4.69, 9.17) is 0 Å². The Kier molecular flexibility index (Phi) is 3.76. The van der Waals surface area contributed by atoms with Crippen molar-refractivity contribution in [1.82, 2.24) is 4.57 Å². The van der Waals surface area contributed by atoms with E-state index < -0.39 is 0 Å². The predicted molar refractivity (Wildman–Crippen MR) is 87.0 cm³/mol. The summed E-state index contributed by atoms with van der Waals surface area (Å²) in [6.45, 7) is 2.70. The summed E-state index contributed by atoms with van der Waals surface area (Å²) in [5, 5.41) is 10.2. The molecular weight excluding hydrogens is 272 g/mol. The molecule has 0 fully saturated rings. The number of nitriles is 1. The van der Waals surface area contributed by atoms with Crippen molar-refractivity contribution in [3.05, 3.63) is 70.9 Å². The molecule has 0 atom stereocenters. The number of benzene rings is 2. The van der Waals surface area contributed by atoms with Gasteiger partial charge in [-0.15, -0.1) is 0 Å². The molecule has 0 spiro atoms. The molecule has 3 aromatic rings. The lowest BCUT2D eigenvalue weighted by molar-refractivity contribution is 0.112. The molecule has 0 bridgehead atoms. The van der Waals surface area contributed by atoms with E-state index in [2.05, 4.69) is 23.6 Å². The van der Waals surface area contributed by atoms with Gasteiger partial charge in [0.25, 0.3) is 0 Å². The standard InChI is InChI=1S/C19H16N2O/c1-2-14-8-5-9-18-17(13-22)12-21(19(14)18)11-16-7-4-3-6-15(16)10-20/h3-9,12-13H,2,11H2,1H3. The maximum atomic E-state index is 11.3. The van der Waals surface area contributed by atoms with Crippen molar-refractivity contribution in [2.45, 2.75) is 19.9 Å². The van der Waals surface area contributed by atoms with Crippen LogP contribution in [-0.2, 0) is 13.0 Å². The molecule has 0 unspecified atom stereocenters. The third-order valence-corrected chi connectivity index (χ3v) is 4.00. The summed E-state index contributed by atoms with van der Waals surface area (Å²) in [5.74, 6) is 0. The molecule has 2 aromatic carbocycles. The molecule has 0 saturated carbocycles. The number of para-hydroxylation sites is 1. The minimum absolute atomic E-state index is 0.588. The molecule has 22 heavy (non-hydrogen) atoms. The molecular formula is C19H16N2O. The van der Waals surface area contributed by atoms with E-state index in [9.17, 15) is 10.1 Å². The van der Waals surface area contributed by atoms with Crippen LogP contribution < -0.4 is 0 Å². The lowest BCUT2D eigenvalue weighted by Gasteiger charge is -2.10. The molecule has 0 aliphatic heterocycles. The van der Waals surface area contributed by atoms with Gasteiger partial charge in [-0.05, 0) is 23.6 Å². The number of hydrogen-bond donors (Lipinski definition) is 0. The lowest BCUT2D eigenvalue weighted by Crippen LogP contribution is -2.02. The first kappa shape index (κ1) is 14.1. The first-order chi connectivity index (χ1) is 10.8. The summed E-state index contributed by atoms with van der Waals surface area (Å²) in [5.41, 5.74) is 4.62. The smallest absolute Gasteiger partial charge is 0.152 e. The molecule has 3 heteroatoms. The van der Waals surface area contributed by atoms with Crippen molar-refractivity contribution < 1.29 is 4.79 Å². The second kappa shape index (κ2) is 5.87. The summed E-state index contributed by atoms with van der Waals surface area (Å²) >= 11 is 0. The zero-order valence-electron chi connectivity index (χ0n) is 12.4. The topological polar surface area (TPSA) is 45.8 Å². The number of aldehydes is 1. The summed E-state index contributed by atoms with van der Waals surface area (Å²) in [6.07, 6.45) is 3.68. The average molecular weight is 288 g/mol. The Bertz CT molecular complexity index is 884. The lowest BCUT2D eigenvalue weighted by atomic mass is 10.1. The van der Waals surface area contributed by atoms with Crippen molar-refractivity contribution in [2.75, 3.05) is 0 Å². The van der Waals surface area contributed by atoms with Gasteiger partial charge in [0, 0.05) is 23.7 Å². The fourth-order valence-corrected chi connectivity index (χ4v) is 2.92. The largest absolute Gasteiger partial charge is 0.342 e. The summed E-state index contributed by atoms with van der Waals surface area (Å²) in [4.78, 5) is 11.3. The quantitative estimate of drug-likeness (QED) is 0.683. The van der Waals surface area contributed by atoms with Gasteiger partial charge >= 0.3 is 0 Å². The number of fused-ring (bicyclic) bond motifs is 1. The molecule has 0 N–H and O–H groups in total. The fourth-order valence-electron chi connectivity index (χ4n) is 2.92. The Balaban J connectivity index is 2.19. The molecule has 0 aliphatic rings. The first-order valence-electron chi connectivity index (χ1n) is 7.32. The summed E-state index contributed by atoms with van der Waals surface area (Å²) in [6, 6.07) is 15.9. The van der Waals surface area contributed by atoms with Gasteiger partial charge in [0.2, 0.25) is 0 Å². The van der Waals surface area contributed by atoms with Crippen LogP contribution in [0.4, 0.5) is 0 Å². The molecule has 0 saturated heterocycles. The van der Waals surface area contributed by atoms with Crippen LogP contribution in [0.5, 0.6) is 0 Å². The highest BCUT2D eigenvalue weighted by atomic mass is 16.1. The van der Waals surface area contributed by atoms with Gasteiger partial charge in [0.1, 0.15) is 0 Å². The number of carbonyl (C=O) groups excluding carboxylic acids is 1. The predicted octanol–water partition coefficient (Wildman–Crippen LogP) is 3.94. The Morgan fingerprint density at radius 2 is 1.91 bits per heavy atom. The summed E-state index contributed by atoms with van der Waals surface area (Å²) in [7, 11) is 0. The van der Waals surface area contributed by atoms with Crippen LogP contribution in [-0.4, -0.2) is 10.9 Å². The van der Waals surface area contributed by atoms with Gasteiger partial charge in [-0.1, -0.05) is 43.3 Å². The minimum Gasteiger partial charge on any atom is -0.342 e. The van der Waals surface area contributed by atoms with Crippen molar-refractivity contribution >= 4 is 17.2 Å². The maximum absolute atomic E-state index is 11.3. The van der Waals surface area contributed by atoms with E-state index in [-0.39, 0.29) is 0 Å². The summed E-state index contributed by atoms with van der Waals surface area (Å²) < 4.78 is 2.08. The monoisotopic (exact) mass is 288 g/mol. The van der Waals surface area contributed by atoms with Crippen LogP contribution in [0, 0.1) is 11.3 Å². The number of hydrogen-bond acceptors (Lipinski definition) is 2. The van der Waals surface area contributed by atoms with E-state index >= 15 is 0 Å². The zero-order valence-corrected chi connectivity index (χ0v) is 12.4. The third-order valence-electron chi connectivity index (χ3n) is 4.00. The van der Waals surface area contributed by atoms with E-state index in [1.54, 1.807) is 0 Å². The normalized spacial score (nSPS) is 10.5. The minimum atomic E-state index is 0.588. The molecule has 1 heterocycles. The maximum Gasteiger partial charge on any atom is 0.152 e.